The maximum absolute atomic E-state index is 14.1. The third kappa shape index (κ3) is 9.54. The molecule has 0 spiro atoms. The van der Waals surface area contributed by atoms with Crippen LogP contribution >= 0.6 is 0 Å². The van der Waals surface area contributed by atoms with Gasteiger partial charge in [0.05, 0.1) is 0 Å². The van der Waals surface area contributed by atoms with E-state index in [4.69, 9.17) is 10.8 Å². The van der Waals surface area contributed by atoms with Crippen molar-refractivity contribution in [2.75, 3.05) is 19.6 Å². The number of carboxylic acids is 1. The van der Waals surface area contributed by atoms with Crippen LogP contribution in [0.4, 0.5) is 0 Å². The van der Waals surface area contributed by atoms with Crippen molar-refractivity contribution in [1.29, 1.82) is 0 Å². The summed E-state index contributed by atoms with van der Waals surface area (Å²) in [6.07, 6.45) is 2.28. The highest BCUT2D eigenvalue weighted by Gasteiger charge is 2.38. The fraction of sp³-hybridized carbons (Fsp3) is 0.417. The zero-order valence-corrected chi connectivity index (χ0v) is 27.5. The molecule has 0 bridgehead atoms. The van der Waals surface area contributed by atoms with Gasteiger partial charge in [-0.15, -0.1) is 0 Å². The monoisotopic (exact) mass is 659 g/mol. The Labute approximate surface area is 280 Å². The van der Waals surface area contributed by atoms with Crippen molar-refractivity contribution in [3.05, 3.63) is 76.9 Å². The van der Waals surface area contributed by atoms with Gasteiger partial charge in [0, 0.05) is 19.4 Å². The lowest BCUT2D eigenvalue weighted by Crippen LogP contribution is -2.57. The Morgan fingerprint density at radius 2 is 1.67 bits per heavy atom. The number of likely N-dealkylation sites (tertiary alicyclic amines) is 1. The quantitative estimate of drug-likeness (QED) is 0.143. The minimum atomic E-state index is -1.19. The Hall–Kier alpha value is -4.97. The molecule has 256 valence electrons. The van der Waals surface area contributed by atoms with E-state index in [-0.39, 0.29) is 37.5 Å². The van der Waals surface area contributed by atoms with Crippen molar-refractivity contribution in [2.24, 2.45) is 5.73 Å². The second-order valence-electron chi connectivity index (χ2n) is 12.4. The lowest BCUT2D eigenvalue weighted by molar-refractivity contribution is -0.143. The van der Waals surface area contributed by atoms with Crippen LogP contribution in [0.15, 0.2) is 54.6 Å². The van der Waals surface area contributed by atoms with Gasteiger partial charge in [-0.3, -0.25) is 24.0 Å². The summed E-state index contributed by atoms with van der Waals surface area (Å²) in [4.78, 5) is 66.3. The zero-order chi connectivity index (χ0) is 34.8. The number of carbonyl (C=O) groups excluding carboxylic acids is 4. The Kier molecular flexibility index (Phi) is 12.5. The fourth-order valence-electron chi connectivity index (χ4n) is 6.32. The minimum Gasteiger partial charge on any atom is -0.508 e. The van der Waals surface area contributed by atoms with Gasteiger partial charge in [0.25, 0.3) is 0 Å². The highest BCUT2D eigenvalue weighted by atomic mass is 16.4. The average molecular weight is 660 g/mol. The lowest BCUT2D eigenvalue weighted by atomic mass is 9.97. The first-order valence-corrected chi connectivity index (χ1v) is 16.3. The van der Waals surface area contributed by atoms with Crippen LogP contribution in [0.2, 0.25) is 0 Å². The van der Waals surface area contributed by atoms with Gasteiger partial charge in [0.15, 0.2) is 0 Å². The van der Waals surface area contributed by atoms with Gasteiger partial charge < -0.3 is 36.8 Å². The third-order valence-corrected chi connectivity index (χ3v) is 8.75. The zero-order valence-electron chi connectivity index (χ0n) is 27.5. The fourth-order valence-corrected chi connectivity index (χ4v) is 6.32. The molecule has 1 aliphatic rings. The van der Waals surface area contributed by atoms with Crippen molar-refractivity contribution < 1.29 is 34.2 Å². The Bertz CT molecular complexity index is 1640. The topological polar surface area (TPSA) is 191 Å². The van der Waals surface area contributed by atoms with Crippen LogP contribution in [0.25, 0.3) is 10.8 Å². The van der Waals surface area contributed by atoms with E-state index in [1.807, 2.05) is 56.3 Å². The molecule has 0 unspecified atom stereocenters. The number of aliphatic carboxylic acids is 1. The predicted molar refractivity (Wildman–Crippen MR) is 181 cm³/mol. The van der Waals surface area contributed by atoms with E-state index >= 15 is 0 Å². The summed E-state index contributed by atoms with van der Waals surface area (Å²) in [6.45, 7) is 3.74. The molecule has 7 N–H and O–H groups in total. The van der Waals surface area contributed by atoms with Crippen molar-refractivity contribution in [3.63, 3.8) is 0 Å². The van der Waals surface area contributed by atoms with Gasteiger partial charge in [-0.25, -0.2) is 0 Å². The van der Waals surface area contributed by atoms with Gasteiger partial charge in [0.1, 0.15) is 30.4 Å². The Morgan fingerprint density at radius 3 is 2.35 bits per heavy atom. The number of hydrogen-bond donors (Lipinski definition) is 6. The summed E-state index contributed by atoms with van der Waals surface area (Å²) in [5.74, 6) is -2.95. The summed E-state index contributed by atoms with van der Waals surface area (Å²) < 4.78 is 0. The van der Waals surface area contributed by atoms with Crippen molar-refractivity contribution in [2.45, 2.75) is 76.9 Å². The lowest BCUT2D eigenvalue weighted by Gasteiger charge is -2.30. The molecule has 1 fully saturated rings. The molecule has 12 heteroatoms. The van der Waals surface area contributed by atoms with Crippen molar-refractivity contribution >= 4 is 40.4 Å². The number of hydrogen-bond acceptors (Lipinski definition) is 7. The van der Waals surface area contributed by atoms with Crippen LogP contribution in [0.1, 0.15) is 54.4 Å². The number of nitrogens with two attached hydrogens (primary N) is 1. The van der Waals surface area contributed by atoms with Gasteiger partial charge in [-0.1, -0.05) is 42.5 Å². The first kappa shape index (κ1) is 35.9. The summed E-state index contributed by atoms with van der Waals surface area (Å²) in [6, 6.07) is 13.9. The van der Waals surface area contributed by atoms with Gasteiger partial charge in [-0.2, -0.15) is 0 Å². The number of nitrogens with zero attached hydrogens (tertiary/aromatic N) is 1. The number of carboxylic acid groups (broad SMARTS) is 1. The molecule has 12 nitrogen and oxygen atoms in total. The van der Waals surface area contributed by atoms with E-state index < -0.39 is 48.4 Å². The molecule has 0 radical (unpaired) electrons. The maximum Gasteiger partial charge on any atom is 0.322 e. The number of phenols is 1. The number of phenolic OH excluding ortho intramolecular Hbond substituents is 1. The van der Waals surface area contributed by atoms with Gasteiger partial charge in [0.2, 0.25) is 23.6 Å². The van der Waals surface area contributed by atoms with E-state index in [1.54, 1.807) is 12.1 Å². The first-order chi connectivity index (χ1) is 23.0. The van der Waals surface area contributed by atoms with Crippen molar-refractivity contribution in [3.8, 4) is 5.75 Å². The van der Waals surface area contributed by atoms with E-state index in [2.05, 4.69) is 16.0 Å². The highest BCUT2D eigenvalue weighted by Crippen LogP contribution is 2.23. The second kappa shape index (κ2) is 16.7. The minimum absolute atomic E-state index is 0.110. The molecule has 4 amide bonds. The summed E-state index contributed by atoms with van der Waals surface area (Å²) in [5.41, 5.74) is 9.22. The molecular weight excluding hydrogens is 614 g/mol. The summed E-state index contributed by atoms with van der Waals surface area (Å²) in [7, 11) is 0. The van der Waals surface area contributed by atoms with E-state index in [1.165, 1.54) is 4.90 Å². The molecule has 0 saturated carbocycles. The second-order valence-corrected chi connectivity index (χ2v) is 12.4. The molecule has 1 aliphatic heterocycles. The highest BCUT2D eigenvalue weighted by molar-refractivity contribution is 5.95. The van der Waals surface area contributed by atoms with E-state index in [0.717, 1.165) is 33.0 Å². The number of fused-ring (bicyclic) bond motifs is 1. The first-order valence-electron chi connectivity index (χ1n) is 16.3. The Balaban J connectivity index is 1.54. The van der Waals surface area contributed by atoms with E-state index in [0.29, 0.717) is 32.2 Å². The van der Waals surface area contributed by atoms with Crippen LogP contribution in [-0.2, 0) is 36.8 Å². The predicted octanol–water partition coefficient (Wildman–Crippen LogP) is 2.24. The Morgan fingerprint density at radius 1 is 0.958 bits per heavy atom. The molecular formula is C36H45N5O7. The van der Waals surface area contributed by atoms with Crippen LogP contribution in [0.5, 0.6) is 5.75 Å². The number of aromatic hydroxyl groups is 1. The van der Waals surface area contributed by atoms with Crippen LogP contribution < -0.4 is 21.7 Å². The number of benzene rings is 3. The number of carbonyl (C=O) groups is 5. The molecule has 0 aromatic heterocycles. The molecule has 48 heavy (non-hydrogen) atoms. The summed E-state index contributed by atoms with van der Waals surface area (Å²) in [5, 5.41) is 28.9. The molecule has 3 aromatic carbocycles. The van der Waals surface area contributed by atoms with Crippen LogP contribution in [-0.4, -0.2) is 82.5 Å². The van der Waals surface area contributed by atoms with E-state index in [9.17, 15) is 29.1 Å². The summed E-state index contributed by atoms with van der Waals surface area (Å²) >= 11 is 0. The molecule has 3 aromatic rings. The van der Waals surface area contributed by atoms with Crippen LogP contribution in [0.3, 0.4) is 0 Å². The largest absolute Gasteiger partial charge is 0.508 e. The van der Waals surface area contributed by atoms with Gasteiger partial charge >= 0.3 is 5.97 Å². The SMILES string of the molecule is Cc1cc(O)cc(C)c1CCC(=O)N[C@H](CCCN)C(=O)N[C@@H](Cc1ccc2ccccc2c1)C(=O)N1CCC[C@@H]1C(=O)NCC(=O)O. The maximum atomic E-state index is 14.1. The molecule has 0 aliphatic carbocycles. The molecule has 3 atom stereocenters. The smallest absolute Gasteiger partial charge is 0.322 e. The number of nitrogens with one attached hydrogen (secondary N) is 3. The molecule has 1 saturated heterocycles. The number of aryl methyl sites for hydroxylation is 2. The number of amides is 4. The standard InChI is InChI=1S/C36H45N5O7/c1-22-17-27(42)18-23(2)28(22)13-14-32(43)39-29(9-5-15-37)34(46)40-30(20-24-11-12-25-7-3-4-8-26(25)19-24)36(48)41-16-6-10-31(41)35(47)38-21-33(44)45/h3-4,7-8,11-12,17-19,29-31,42H,5-6,9-10,13-16,20-21,37H2,1-2H3,(H,38,47)(H,39,43)(H,40,46)(H,44,45)/t29-,30+,31-/m1/s1. The molecule has 1 heterocycles. The van der Waals surface area contributed by atoms with Crippen LogP contribution in [0, 0.1) is 13.8 Å². The van der Waals surface area contributed by atoms with Gasteiger partial charge in [-0.05, 0) is 97.7 Å². The number of rotatable bonds is 15. The third-order valence-electron chi connectivity index (χ3n) is 8.75. The average Bonchev–Trinajstić information content (AvgIpc) is 3.54. The molecule has 4 rings (SSSR count). The van der Waals surface area contributed by atoms with Crippen molar-refractivity contribution in [1.82, 2.24) is 20.9 Å². The normalized spacial score (nSPS) is 15.5.